The maximum Gasteiger partial charge on any atom is 0.328 e. The van der Waals surface area contributed by atoms with Crippen molar-refractivity contribution in [3.8, 4) is 0 Å². The summed E-state index contributed by atoms with van der Waals surface area (Å²) >= 11 is 0. The highest BCUT2D eigenvalue weighted by molar-refractivity contribution is 5.03. The zero-order chi connectivity index (χ0) is 11.7. The van der Waals surface area contributed by atoms with Crippen molar-refractivity contribution in [3.63, 3.8) is 0 Å². The van der Waals surface area contributed by atoms with Crippen LogP contribution >= 0.6 is 0 Å². The number of nitrogens with one attached hydrogen (secondary N) is 1. The Balaban J connectivity index is 2.39. The second kappa shape index (κ2) is 3.76. The fourth-order valence-corrected chi connectivity index (χ4v) is 1.38. The number of aryl methyl sites for hydroxylation is 2. The first-order valence-electron chi connectivity index (χ1n) is 4.72. The van der Waals surface area contributed by atoms with Crippen molar-refractivity contribution in [1.29, 1.82) is 0 Å². The van der Waals surface area contributed by atoms with Crippen LogP contribution in [-0.4, -0.2) is 24.5 Å². The number of nitrogens with zero attached hydrogens (tertiary/aromatic N) is 4. The standard InChI is InChI=1S/C9H11N5O2/c1-6-3-14(9(16)10-8(6)15)5-7-4-13(2)12-11-7/h3-4H,5H2,1-2H3,(H,10,15,16). The molecule has 0 spiro atoms. The van der Waals surface area contributed by atoms with Crippen LogP contribution in [0.15, 0.2) is 22.0 Å². The minimum atomic E-state index is -0.443. The molecule has 0 unspecified atom stereocenters. The molecule has 1 N–H and O–H groups in total. The zero-order valence-electron chi connectivity index (χ0n) is 8.97. The molecule has 84 valence electrons. The van der Waals surface area contributed by atoms with Crippen molar-refractivity contribution in [2.45, 2.75) is 13.5 Å². The number of rotatable bonds is 2. The third-order valence-electron chi connectivity index (χ3n) is 2.17. The SMILES string of the molecule is Cc1cn(Cc2cn(C)nn2)c(=O)[nH]c1=O. The Kier molecular flexibility index (Phi) is 2.43. The van der Waals surface area contributed by atoms with E-state index in [1.54, 1.807) is 24.9 Å². The van der Waals surface area contributed by atoms with Crippen LogP contribution in [0.1, 0.15) is 11.3 Å². The molecular formula is C9H11N5O2. The highest BCUT2D eigenvalue weighted by atomic mass is 16.2. The fraction of sp³-hybridized carbons (Fsp3) is 0.333. The highest BCUT2D eigenvalue weighted by Crippen LogP contribution is 1.94. The van der Waals surface area contributed by atoms with Crippen molar-refractivity contribution in [2.24, 2.45) is 7.05 Å². The summed E-state index contributed by atoms with van der Waals surface area (Å²) in [6.45, 7) is 1.94. The summed E-state index contributed by atoms with van der Waals surface area (Å²) < 4.78 is 2.94. The molecule has 0 bridgehead atoms. The van der Waals surface area contributed by atoms with Crippen LogP contribution in [0.4, 0.5) is 0 Å². The van der Waals surface area contributed by atoms with E-state index in [1.807, 2.05) is 0 Å². The summed E-state index contributed by atoms with van der Waals surface area (Å²) in [6, 6.07) is 0. The van der Waals surface area contributed by atoms with Gasteiger partial charge in [-0.3, -0.25) is 19.0 Å². The quantitative estimate of drug-likeness (QED) is 0.706. The van der Waals surface area contributed by atoms with Gasteiger partial charge in [0.2, 0.25) is 0 Å². The molecule has 2 rings (SSSR count). The van der Waals surface area contributed by atoms with E-state index < -0.39 is 5.69 Å². The number of aromatic amines is 1. The predicted octanol–water partition coefficient (Wildman–Crippen LogP) is -0.978. The molecule has 0 aromatic carbocycles. The Morgan fingerprint density at radius 3 is 2.75 bits per heavy atom. The van der Waals surface area contributed by atoms with E-state index in [9.17, 15) is 9.59 Å². The topological polar surface area (TPSA) is 85.6 Å². The fourth-order valence-electron chi connectivity index (χ4n) is 1.38. The molecule has 0 saturated carbocycles. The molecule has 0 aliphatic rings. The maximum absolute atomic E-state index is 11.5. The number of hydrogen-bond acceptors (Lipinski definition) is 4. The molecule has 2 aromatic rings. The van der Waals surface area contributed by atoms with Crippen LogP contribution in [0.2, 0.25) is 0 Å². The number of aromatic nitrogens is 5. The van der Waals surface area contributed by atoms with Gasteiger partial charge in [0, 0.05) is 25.0 Å². The van der Waals surface area contributed by atoms with Crippen LogP contribution in [0, 0.1) is 6.92 Å². The van der Waals surface area contributed by atoms with Gasteiger partial charge in [0.05, 0.1) is 6.54 Å². The summed E-state index contributed by atoms with van der Waals surface area (Å²) in [5.41, 5.74) is 0.348. The van der Waals surface area contributed by atoms with Gasteiger partial charge in [0.25, 0.3) is 5.56 Å². The summed E-state index contributed by atoms with van der Waals surface area (Å²) in [5.74, 6) is 0. The summed E-state index contributed by atoms with van der Waals surface area (Å²) in [4.78, 5) is 24.8. The normalized spacial score (nSPS) is 10.6. The molecule has 16 heavy (non-hydrogen) atoms. The summed E-state index contributed by atoms with van der Waals surface area (Å²) in [5, 5.41) is 7.63. The van der Waals surface area contributed by atoms with Crippen LogP contribution in [-0.2, 0) is 13.6 Å². The van der Waals surface area contributed by atoms with Crippen molar-refractivity contribution in [1.82, 2.24) is 24.5 Å². The van der Waals surface area contributed by atoms with Gasteiger partial charge >= 0.3 is 5.69 Å². The smallest absolute Gasteiger partial charge is 0.294 e. The van der Waals surface area contributed by atoms with E-state index in [-0.39, 0.29) is 5.56 Å². The summed E-state index contributed by atoms with van der Waals surface area (Å²) in [7, 11) is 1.75. The van der Waals surface area contributed by atoms with Crippen molar-refractivity contribution in [2.75, 3.05) is 0 Å². The molecule has 7 nitrogen and oxygen atoms in total. The lowest BCUT2D eigenvalue weighted by molar-refractivity contribution is 0.689. The first-order chi connectivity index (χ1) is 7.56. The van der Waals surface area contributed by atoms with Crippen LogP contribution in [0.5, 0.6) is 0 Å². The van der Waals surface area contributed by atoms with Gasteiger partial charge in [-0.15, -0.1) is 5.10 Å². The first-order valence-corrected chi connectivity index (χ1v) is 4.72. The van der Waals surface area contributed by atoms with E-state index in [1.165, 1.54) is 10.8 Å². The lowest BCUT2D eigenvalue weighted by Crippen LogP contribution is -2.31. The predicted molar refractivity (Wildman–Crippen MR) is 56.2 cm³/mol. The minimum Gasteiger partial charge on any atom is -0.294 e. The second-order valence-electron chi connectivity index (χ2n) is 3.58. The van der Waals surface area contributed by atoms with Gasteiger partial charge < -0.3 is 0 Å². The van der Waals surface area contributed by atoms with Gasteiger partial charge in [-0.25, -0.2) is 4.79 Å². The number of hydrogen-bond donors (Lipinski definition) is 1. The molecule has 0 atom stereocenters. The Bertz CT molecular complexity index is 621. The Morgan fingerprint density at radius 2 is 2.12 bits per heavy atom. The van der Waals surface area contributed by atoms with Gasteiger partial charge in [-0.1, -0.05) is 5.21 Å². The molecule has 0 aliphatic carbocycles. The largest absolute Gasteiger partial charge is 0.328 e. The highest BCUT2D eigenvalue weighted by Gasteiger charge is 2.04. The maximum atomic E-state index is 11.5. The molecule has 0 amide bonds. The van der Waals surface area contributed by atoms with Gasteiger partial charge in [0.1, 0.15) is 5.69 Å². The molecular weight excluding hydrogens is 210 g/mol. The van der Waals surface area contributed by atoms with Crippen molar-refractivity contribution >= 4 is 0 Å². The van der Waals surface area contributed by atoms with E-state index in [0.29, 0.717) is 17.8 Å². The molecule has 0 radical (unpaired) electrons. The third-order valence-corrected chi connectivity index (χ3v) is 2.17. The van der Waals surface area contributed by atoms with E-state index in [0.717, 1.165) is 0 Å². The molecule has 0 saturated heterocycles. The second-order valence-corrected chi connectivity index (χ2v) is 3.58. The average molecular weight is 221 g/mol. The van der Waals surface area contributed by atoms with Crippen LogP contribution in [0.3, 0.4) is 0 Å². The lowest BCUT2D eigenvalue weighted by Gasteiger charge is -2.02. The molecule has 2 heterocycles. The molecule has 2 aromatic heterocycles. The Labute approximate surface area is 90.4 Å². The zero-order valence-corrected chi connectivity index (χ0v) is 8.97. The van der Waals surface area contributed by atoms with E-state index in [2.05, 4.69) is 15.3 Å². The Morgan fingerprint density at radius 1 is 1.38 bits per heavy atom. The monoisotopic (exact) mass is 221 g/mol. The molecule has 0 fully saturated rings. The lowest BCUT2D eigenvalue weighted by atomic mass is 10.4. The van der Waals surface area contributed by atoms with Gasteiger partial charge in [-0.2, -0.15) is 0 Å². The van der Waals surface area contributed by atoms with Gasteiger partial charge in [0.15, 0.2) is 0 Å². The van der Waals surface area contributed by atoms with E-state index in [4.69, 9.17) is 0 Å². The third kappa shape index (κ3) is 1.92. The van der Waals surface area contributed by atoms with Crippen LogP contribution < -0.4 is 11.2 Å². The van der Waals surface area contributed by atoms with Crippen molar-refractivity contribution < 1.29 is 0 Å². The molecule has 0 aliphatic heterocycles. The average Bonchev–Trinajstić information content (AvgIpc) is 2.60. The number of H-pyrrole nitrogens is 1. The summed E-state index contributed by atoms with van der Waals surface area (Å²) in [6.07, 6.45) is 3.22. The van der Waals surface area contributed by atoms with E-state index >= 15 is 0 Å². The van der Waals surface area contributed by atoms with Crippen molar-refractivity contribution in [3.05, 3.63) is 44.5 Å². The van der Waals surface area contributed by atoms with Crippen LogP contribution in [0.25, 0.3) is 0 Å². The molecule has 7 heteroatoms. The van der Waals surface area contributed by atoms with Gasteiger partial charge in [-0.05, 0) is 6.92 Å². The first kappa shape index (κ1) is 10.3. The minimum absolute atomic E-state index is 0.296. The Hall–Kier alpha value is -2.18.